The van der Waals surface area contributed by atoms with Crippen LogP contribution in [0.4, 0.5) is 0 Å². The van der Waals surface area contributed by atoms with Crippen molar-refractivity contribution in [3.63, 3.8) is 0 Å². The topological polar surface area (TPSA) is 80.9 Å². The second kappa shape index (κ2) is 5.45. The Morgan fingerprint density at radius 1 is 0.857 bits per heavy atom. The van der Waals surface area contributed by atoms with E-state index in [9.17, 15) is 0 Å². The van der Waals surface area contributed by atoms with Gasteiger partial charge in [-0.3, -0.25) is 0 Å². The zero-order valence-electron chi connectivity index (χ0n) is 3.44. The van der Waals surface area contributed by atoms with Gasteiger partial charge in [0, 0.05) is 44.0 Å². The number of hydrogen-bond acceptors (Lipinski definition) is 4. The van der Waals surface area contributed by atoms with Crippen molar-refractivity contribution in [3.8, 4) is 0 Å². The minimum absolute atomic E-state index is 0. The van der Waals surface area contributed by atoms with Crippen LogP contribution in [0, 0.1) is 35.6 Å². The molecular weight excluding hydrogens is 242 g/mol. The fourth-order valence-electron chi connectivity index (χ4n) is 0. The first-order chi connectivity index (χ1) is 2.00. The molecule has 0 aromatic carbocycles. The SMILES string of the molecule is O[Si](O)(O)O.[B].[La]. The van der Waals surface area contributed by atoms with E-state index in [-0.39, 0.29) is 44.0 Å². The first-order valence-electron chi connectivity index (χ1n) is 0.894. The van der Waals surface area contributed by atoms with Gasteiger partial charge in [0.1, 0.15) is 0 Å². The normalized spacial score (nSPS) is 8.57. The van der Waals surface area contributed by atoms with Crippen molar-refractivity contribution >= 4 is 17.5 Å². The molecule has 7 heavy (non-hydrogen) atoms. The van der Waals surface area contributed by atoms with Gasteiger partial charge in [-0.05, 0) is 0 Å². The van der Waals surface area contributed by atoms with Crippen molar-refractivity contribution in [2.75, 3.05) is 0 Å². The van der Waals surface area contributed by atoms with Gasteiger partial charge in [-0.15, -0.1) is 0 Å². The Kier molecular flexibility index (Phi) is 12.3. The van der Waals surface area contributed by atoms with E-state index in [4.69, 9.17) is 19.2 Å². The Labute approximate surface area is 71.9 Å². The molecule has 0 aromatic rings. The summed E-state index contributed by atoms with van der Waals surface area (Å²) in [6.45, 7) is 0. The summed E-state index contributed by atoms with van der Waals surface area (Å²) in [5.74, 6) is 0. The van der Waals surface area contributed by atoms with Crippen LogP contribution in [-0.4, -0.2) is 36.6 Å². The van der Waals surface area contributed by atoms with Gasteiger partial charge in [0.15, 0.2) is 0 Å². The van der Waals surface area contributed by atoms with Crippen molar-refractivity contribution < 1.29 is 54.8 Å². The zero-order valence-corrected chi connectivity index (χ0v) is 8.07. The van der Waals surface area contributed by atoms with Crippen LogP contribution in [0.2, 0.25) is 0 Å². The third kappa shape index (κ3) is 119. The molecule has 0 amide bonds. The van der Waals surface area contributed by atoms with E-state index in [1.54, 1.807) is 0 Å². The van der Waals surface area contributed by atoms with E-state index in [2.05, 4.69) is 0 Å². The van der Waals surface area contributed by atoms with Crippen LogP contribution in [0.25, 0.3) is 0 Å². The van der Waals surface area contributed by atoms with Crippen LogP contribution in [0.1, 0.15) is 0 Å². The first kappa shape index (κ1) is 15.8. The molecule has 0 rings (SSSR count). The van der Waals surface area contributed by atoms with E-state index in [1.807, 2.05) is 0 Å². The van der Waals surface area contributed by atoms with Gasteiger partial charge in [-0.25, -0.2) is 0 Å². The monoisotopic (exact) mass is 246 g/mol. The van der Waals surface area contributed by atoms with Crippen molar-refractivity contribution in [1.29, 1.82) is 0 Å². The molecule has 0 bridgehead atoms. The Morgan fingerprint density at radius 3 is 0.857 bits per heavy atom. The van der Waals surface area contributed by atoms with Gasteiger partial charge in [0.25, 0.3) is 0 Å². The second-order valence-corrected chi connectivity index (χ2v) is 1.80. The molecule has 0 aliphatic carbocycles. The van der Waals surface area contributed by atoms with Crippen molar-refractivity contribution in [3.05, 3.63) is 0 Å². The molecule has 0 spiro atoms. The molecule has 38 valence electrons. The summed E-state index contributed by atoms with van der Waals surface area (Å²) in [5, 5.41) is 0. The van der Waals surface area contributed by atoms with Crippen molar-refractivity contribution in [1.82, 2.24) is 0 Å². The molecular formula is H4BLaO4Si. The van der Waals surface area contributed by atoms with Crippen LogP contribution in [0.5, 0.6) is 0 Å². The van der Waals surface area contributed by atoms with E-state index < -0.39 is 9.05 Å². The quantitative estimate of drug-likeness (QED) is 0.343. The van der Waals surface area contributed by atoms with Crippen LogP contribution >= 0.6 is 0 Å². The van der Waals surface area contributed by atoms with Gasteiger partial charge < -0.3 is 19.2 Å². The molecule has 0 aliphatic heterocycles. The fourth-order valence-corrected chi connectivity index (χ4v) is 0. The van der Waals surface area contributed by atoms with Crippen molar-refractivity contribution in [2.24, 2.45) is 0 Å². The average molecular weight is 246 g/mol. The smallest absolute Gasteiger partial charge is 0.368 e. The minimum atomic E-state index is -4.61. The number of hydrogen-bond donors (Lipinski definition) is 4. The molecule has 0 fully saturated rings. The summed E-state index contributed by atoms with van der Waals surface area (Å²) in [6.07, 6.45) is 0. The maximum Gasteiger partial charge on any atom is 0.668 e. The summed E-state index contributed by atoms with van der Waals surface area (Å²) in [6, 6.07) is 0. The Balaban J connectivity index is -0.0000000800. The summed E-state index contributed by atoms with van der Waals surface area (Å²) in [7, 11) is -4.61. The average Bonchev–Trinajstić information content (AvgIpc) is 0.722. The molecule has 0 atom stereocenters. The molecule has 0 aliphatic rings. The molecule has 4 radical (unpaired) electrons. The van der Waals surface area contributed by atoms with Crippen LogP contribution < -0.4 is 0 Å². The molecule has 0 unspecified atom stereocenters. The molecule has 0 aromatic heterocycles. The molecule has 0 saturated carbocycles. The maximum absolute atomic E-state index is 7.33. The predicted octanol–water partition coefficient (Wildman–Crippen LogP) is -2.99. The van der Waals surface area contributed by atoms with Crippen LogP contribution in [-0.2, 0) is 0 Å². The summed E-state index contributed by atoms with van der Waals surface area (Å²) in [4.78, 5) is 29.3. The Hall–Kier alpha value is 1.32. The fraction of sp³-hybridized carbons (Fsp3) is 0. The third-order valence-electron chi connectivity index (χ3n) is 0. The second-order valence-electron chi connectivity index (χ2n) is 0.600. The number of rotatable bonds is 0. The first-order valence-corrected chi connectivity index (χ1v) is 2.68. The van der Waals surface area contributed by atoms with Crippen LogP contribution in [0.15, 0.2) is 0 Å². The van der Waals surface area contributed by atoms with Crippen LogP contribution in [0.3, 0.4) is 0 Å². The standard InChI is InChI=1S/B.La.H4O4Si/c;;1-5(2,3)4/h;;1-4H. The molecule has 4 nitrogen and oxygen atoms in total. The van der Waals surface area contributed by atoms with E-state index in [0.29, 0.717) is 0 Å². The van der Waals surface area contributed by atoms with Gasteiger partial charge in [0.05, 0.1) is 0 Å². The predicted molar refractivity (Wildman–Crippen MR) is 20.4 cm³/mol. The molecule has 0 saturated heterocycles. The van der Waals surface area contributed by atoms with E-state index in [1.165, 1.54) is 0 Å². The molecule has 4 N–H and O–H groups in total. The third-order valence-corrected chi connectivity index (χ3v) is 0. The summed E-state index contributed by atoms with van der Waals surface area (Å²) >= 11 is 0. The van der Waals surface area contributed by atoms with Gasteiger partial charge in [-0.2, -0.15) is 0 Å². The summed E-state index contributed by atoms with van der Waals surface area (Å²) < 4.78 is 0. The summed E-state index contributed by atoms with van der Waals surface area (Å²) in [5.41, 5.74) is 0. The maximum atomic E-state index is 7.33. The largest absolute Gasteiger partial charge is 0.668 e. The van der Waals surface area contributed by atoms with E-state index >= 15 is 0 Å². The van der Waals surface area contributed by atoms with E-state index in [0.717, 1.165) is 0 Å². The molecule has 7 heteroatoms. The Bertz CT molecular complexity index is 27.2. The minimum Gasteiger partial charge on any atom is -0.368 e. The van der Waals surface area contributed by atoms with Gasteiger partial charge in [-0.1, -0.05) is 0 Å². The van der Waals surface area contributed by atoms with Gasteiger partial charge in [0.2, 0.25) is 0 Å². The zero-order chi connectivity index (χ0) is 4.50. The molecule has 0 heterocycles. The van der Waals surface area contributed by atoms with Crippen molar-refractivity contribution in [2.45, 2.75) is 0 Å². The Morgan fingerprint density at radius 2 is 0.857 bits per heavy atom. The van der Waals surface area contributed by atoms with Gasteiger partial charge >= 0.3 is 9.05 Å².